The molecule has 2 heterocycles. The molecule has 2 amide bonds. The number of urea groups is 1. The summed E-state index contributed by atoms with van der Waals surface area (Å²) in [7, 11) is 0. The van der Waals surface area contributed by atoms with Crippen molar-refractivity contribution in [3.63, 3.8) is 0 Å². The van der Waals surface area contributed by atoms with Crippen molar-refractivity contribution in [2.24, 2.45) is 0 Å². The van der Waals surface area contributed by atoms with Gasteiger partial charge in [0.2, 0.25) is 0 Å². The van der Waals surface area contributed by atoms with Gasteiger partial charge in [-0.3, -0.25) is 0 Å². The van der Waals surface area contributed by atoms with Crippen LogP contribution in [0.2, 0.25) is 0 Å². The summed E-state index contributed by atoms with van der Waals surface area (Å²) in [4.78, 5) is 13.3. The molecule has 0 spiro atoms. The molecule has 0 bridgehead atoms. The molecule has 6 nitrogen and oxygen atoms in total. The van der Waals surface area contributed by atoms with Gasteiger partial charge in [0.25, 0.3) is 0 Å². The number of amides is 2. The third-order valence-corrected chi connectivity index (χ3v) is 4.70. The van der Waals surface area contributed by atoms with E-state index in [9.17, 15) is 4.79 Å². The highest BCUT2D eigenvalue weighted by atomic mass is 32.1. The second-order valence-corrected chi connectivity index (χ2v) is 6.48. The molecule has 0 aliphatic carbocycles. The van der Waals surface area contributed by atoms with Crippen LogP contribution in [0.15, 0.2) is 54.0 Å². The Morgan fingerprint density at radius 3 is 2.54 bits per heavy atom. The molecule has 0 radical (unpaired) electrons. The summed E-state index contributed by atoms with van der Waals surface area (Å²) in [5.74, 6) is 0. The van der Waals surface area contributed by atoms with Crippen molar-refractivity contribution in [3.05, 3.63) is 64.6 Å². The molecule has 2 aromatic heterocycles. The highest BCUT2D eigenvalue weighted by molar-refractivity contribution is 7.10. The molecule has 7 heteroatoms. The minimum absolute atomic E-state index is 0.0304. The number of carbonyl (C=O) groups is 1. The van der Waals surface area contributed by atoms with Crippen molar-refractivity contribution >= 4 is 17.4 Å². The summed E-state index contributed by atoms with van der Waals surface area (Å²) in [5.41, 5.74) is 1.64. The standard InChI is InChI=1S/C17H19N5OS/c1-12(18-17(23)19-13(2)16-9-6-10-24-16)15-11-22(21-20-15)14-7-4-3-5-8-14/h3-13H,1-2H3,(H2,18,19,23)/t12-,13+/m0/s1. The predicted octanol–water partition coefficient (Wildman–Crippen LogP) is 3.45. The van der Waals surface area contributed by atoms with E-state index in [1.807, 2.05) is 67.9 Å². The van der Waals surface area contributed by atoms with Gasteiger partial charge in [0, 0.05) is 4.88 Å². The van der Waals surface area contributed by atoms with Gasteiger partial charge in [-0.05, 0) is 37.4 Å². The lowest BCUT2D eigenvalue weighted by molar-refractivity contribution is 0.235. The zero-order valence-corrected chi connectivity index (χ0v) is 14.3. The molecule has 124 valence electrons. The normalized spacial score (nSPS) is 13.2. The number of carbonyl (C=O) groups excluding carboxylic acids is 1. The van der Waals surface area contributed by atoms with Crippen molar-refractivity contribution in [1.82, 2.24) is 25.6 Å². The summed E-state index contributed by atoms with van der Waals surface area (Å²) < 4.78 is 1.69. The average molecular weight is 341 g/mol. The first-order valence-electron chi connectivity index (χ1n) is 7.71. The molecule has 24 heavy (non-hydrogen) atoms. The van der Waals surface area contributed by atoms with Crippen LogP contribution in [0.5, 0.6) is 0 Å². The van der Waals surface area contributed by atoms with Gasteiger partial charge in [0.05, 0.1) is 24.0 Å². The Balaban J connectivity index is 1.60. The Kier molecular flexibility index (Phi) is 4.90. The second kappa shape index (κ2) is 7.27. The Hall–Kier alpha value is -2.67. The number of nitrogens with one attached hydrogen (secondary N) is 2. The molecule has 1 aromatic carbocycles. The first kappa shape index (κ1) is 16.2. The molecule has 0 saturated heterocycles. The van der Waals surface area contributed by atoms with Gasteiger partial charge in [-0.2, -0.15) is 0 Å². The van der Waals surface area contributed by atoms with Crippen molar-refractivity contribution in [2.45, 2.75) is 25.9 Å². The molecule has 3 rings (SSSR count). The van der Waals surface area contributed by atoms with E-state index in [0.29, 0.717) is 5.69 Å². The third kappa shape index (κ3) is 3.80. The Morgan fingerprint density at radius 1 is 1.08 bits per heavy atom. The Labute approximate surface area is 144 Å². The van der Waals surface area contributed by atoms with Gasteiger partial charge in [-0.25, -0.2) is 9.48 Å². The molecule has 0 aliphatic rings. The number of benzene rings is 1. The number of hydrogen-bond donors (Lipinski definition) is 2. The minimum Gasteiger partial charge on any atom is -0.331 e. The van der Waals surface area contributed by atoms with E-state index in [1.54, 1.807) is 16.0 Å². The molecular weight excluding hydrogens is 322 g/mol. The van der Waals surface area contributed by atoms with Crippen molar-refractivity contribution < 1.29 is 4.79 Å². The summed E-state index contributed by atoms with van der Waals surface area (Å²) >= 11 is 1.62. The van der Waals surface area contributed by atoms with Crippen LogP contribution < -0.4 is 10.6 Å². The van der Waals surface area contributed by atoms with Gasteiger partial charge in [0.15, 0.2) is 0 Å². The monoisotopic (exact) mass is 341 g/mol. The van der Waals surface area contributed by atoms with E-state index in [1.165, 1.54) is 0 Å². The minimum atomic E-state index is -0.238. The lowest BCUT2D eigenvalue weighted by atomic mass is 10.2. The van der Waals surface area contributed by atoms with Gasteiger partial charge in [-0.1, -0.05) is 29.5 Å². The predicted molar refractivity (Wildman–Crippen MR) is 94.2 cm³/mol. The first-order chi connectivity index (χ1) is 11.6. The van der Waals surface area contributed by atoms with Gasteiger partial charge in [0.1, 0.15) is 5.69 Å². The number of rotatable bonds is 5. The van der Waals surface area contributed by atoms with E-state index in [-0.39, 0.29) is 18.1 Å². The first-order valence-corrected chi connectivity index (χ1v) is 8.59. The van der Waals surface area contributed by atoms with Crippen LogP contribution in [-0.4, -0.2) is 21.0 Å². The number of para-hydroxylation sites is 1. The largest absolute Gasteiger partial charge is 0.331 e. The third-order valence-electron chi connectivity index (χ3n) is 3.64. The van der Waals surface area contributed by atoms with Crippen LogP contribution in [0.3, 0.4) is 0 Å². The van der Waals surface area contributed by atoms with Crippen LogP contribution in [-0.2, 0) is 0 Å². The average Bonchev–Trinajstić information content (AvgIpc) is 3.27. The number of thiophene rings is 1. The number of nitrogens with zero attached hydrogens (tertiary/aromatic N) is 3. The zero-order chi connectivity index (χ0) is 16.9. The van der Waals surface area contributed by atoms with Crippen molar-refractivity contribution in [1.29, 1.82) is 0 Å². The summed E-state index contributed by atoms with van der Waals surface area (Å²) in [6.07, 6.45) is 1.82. The van der Waals surface area contributed by atoms with Crippen LogP contribution in [0.4, 0.5) is 4.79 Å². The van der Waals surface area contributed by atoms with Crippen molar-refractivity contribution in [2.75, 3.05) is 0 Å². The van der Waals surface area contributed by atoms with Crippen LogP contribution >= 0.6 is 11.3 Å². The fourth-order valence-corrected chi connectivity index (χ4v) is 3.03. The molecule has 0 unspecified atom stereocenters. The summed E-state index contributed by atoms with van der Waals surface area (Å²) in [6, 6.07) is 13.2. The van der Waals surface area contributed by atoms with Crippen LogP contribution in [0.25, 0.3) is 5.69 Å². The molecule has 2 atom stereocenters. The van der Waals surface area contributed by atoms with E-state index < -0.39 is 0 Å². The van der Waals surface area contributed by atoms with Gasteiger partial charge in [-0.15, -0.1) is 16.4 Å². The SMILES string of the molecule is C[C@H](NC(=O)N[C@H](C)c1cccs1)c1cn(-c2ccccc2)nn1. The highest BCUT2D eigenvalue weighted by Crippen LogP contribution is 2.18. The Morgan fingerprint density at radius 2 is 1.83 bits per heavy atom. The second-order valence-electron chi connectivity index (χ2n) is 5.50. The van der Waals surface area contributed by atoms with E-state index >= 15 is 0 Å². The molecule has 0 aliphatic heterocycles. The van der Waals surface area contributed by atoms with E-state index in [2.05, 4.69) is 20.9 Å². The smallest absolute Gasteiger partial charge is 0.315 e. The fourth-order valence-electron chi connectivity index (χ4n) is 2.30. The van der Waals surface area contributed by atoms with E-state index in [4.69, 9.17) is 0 Å². The maximum absolute atomic E-state index is 12.1. The summed E-state index contributed by atoms with van der Waals surface area (Å²) in [6.45, 7) is 3.84. The molecular formula is C17H19N5OS. The maximum atomic E-state index is 12.1. The quantitative estimate of drug-likeness (QED) is 0.746. The summed E-state index contributed by atoms with van der Waals surface area (Å²) in [5, 5.41) is 16.1. The van der Waals surface area contributed by atoms with Crippen molar-refractivity contribution in [3.8, 4) is 5.69 Å². The van der Waals surface area contributed by atoms with Gasteiger partial charge >= 0.3 is 6.03 Å². The van der Waals surface area contributed by atoms with E-state index in [0.717, 1.165) is 10.6 Å². The lowest BCUT2D eigenvalue weighted by Crippen LogP contribution is -2.38. The maximum Gasteiger partial charge on any atom is 0.315 e. The Bertz CT molecular complexity index is 784. The number of hydrogen-bond acceptors (Lipinski definition) is 4. The number of aromatic nitrogens is 3. The highest BCUT2D eigenvalue weighted by Gasteiger charge is 2.16. The topological polar surface area (TPSA) is 71.8 Å². The molecule has 0 fully saturated rings. The fraction of sp³-hybridized carbons (Fsp3) is 0.235. The zero-order valence-electron chi connectivity index (χ0n) is 13.5. The lowest BCUT2D eigenvalue weighted by Gasteiger charge is -2.16. The van der Waals surface area contributed by atoms with Gasteiger partial charge < -0.3 is 10.6 Å². The molecule has 2 N–H and O–H groups in total. The van der Waals surface area contributed by atoms with Crippen LogP contribution in [0, 0.1) is 0 Å². The van der Waals surface area contributed by atoms with Crippen LogP contribution in [0.1, 0.15) is 36.5 Å². The molecule has 0 saturated carbocycles. The molecule has 3 aromatic rings.